The highest BCUT2D eigenvalue weighted by molar-refractivity contribution is 5.97. The number of carbonyl (C=O) groups excluding carboxylic acids is 3. The first-order chi connectivity index (χ1) is 17.9. The smallest absolute Gasteiger partial charge is 0.253 e. The van der Waals surface area contributed by atoms with Gasteiger partial charge in [0, 0.05) is 41.6 Å². The van der Waals surface area contributed by atoms with E-state index >= 15 is 0 Å². The predicted molar refractivity (Wildman–Crippen MR) is 137 cm³/mol. The Labute approximate surface area is 214 Å². The van der Waals surface area contributed by atoms with E-state index in [1.54, 1.807) is 48.9 Å². The molecule has 0 saturated carbocycles. The second kappa shape index (κ2) is 10.3. The third-order valence-electron chi connectivity index (χ3n) is 7.04. The van der Waals surface area contributed by atoms with Crippen LogP contribution in [0.3, 0.4) is 0 Å². The van der Waals surface area contributed by atoms with Crippen molar-refractivity contribution in [2.24, 2.45) is 5.73 Å². The molecule has 0 aliphatic carbocycles. The van der Waals surface area contributed by atoms with E-state index in [1.165, 1.54) is 0 Å². The lowest BCUT2D eigenvalue weighted by atomic mass is 9.96. The summed E-state index contributed by atoms with van der Waals surface area (Å²) in [6.07, 6.45) is 8.64. The van der Waals surface area contributed by atoms with Gasteiger partial charge in [-0.05, 0) is 69.0 Å². The third-order valence-corrected chi connectivity index (χ3v) is 7.04. The van der Waals surface area contributed by atoms with E-state index in [4.69, 9.17) is 5.73 Å². The van der Waals surface area contributed by atoms with Gasteiger partial charge in [-0.25, -0.2) is 4.98 Å². The van der Waals surface area contributed by atoms with Gasteiger partial charge in [-0.15, -0.1) is 0 Å². The summed E-state index contributed by atoms with van der Waals surface area (Å²) in [4.78, 5) is 51.9. The van der Waals surface area contributed by atoms with Crippen molar-refractivity contribution < 1.29 is 14.4 Å². The molecule has 2 aliphatic heterocycles. The van der Waals surface area contributed by atoms with Crippen LogP contribution in [0.2, 0.25) is 0 Å². The summed E-state index contributed by atoms with van der Waals surface area (Å²) in [5.74, 6) is -0.0378. The average molecular weight is 500 g/mol. The zero-order valence-electron chi connectivity index (χ0n) is 20.6. The zero-order chi connectivity index (χ0) is 25.9. The first-order valence-electron chi connectivity index (χ1n) is 12.4. The molecule has 4 heterocycles. The molecule has 3 amide bonds. The fraction of sp³-hybridized carbons (Fsp3) is 0.333. The van der Waals surface area contributed by atoms with Gasteiger partial charge >= 0.3 is 0 Å². The summed E-state index contributed by atoms with van der Waals surface area (Å²) in [6.45, 7) is 2.16. The molecular formula is C27H29N7O3. The number of rotatable bonds is 7. The minimum Gasteiger partial charge on any atom is -0.366 e. The number of nitrogens with zero attached hydrogens (tertiary/aromatic N) is 4. The Morgan fingerprint density at radius 2 is 1.54 bits per heavy atom. The Balaban J connectivity index is 1.17. The Kier molecular flexibility index (Phi) is 6.80. The van der Waals surface area contributed by atoms with E-state index < -0.39 is 5.91 Å². The van der Waals surface area contributed by atoms with Crippen LogP contribution in [0.25, 0.3) is 0 Å². The number of aryl methyl sites for hydroxylation is 1. The number of anilines is 1. The van der Waals surface area contributed by atoms with E-state index in [0.717, 1.165) is 37.2 Å². The highest BCUT2D eigenvalue weighted by Gasteiger charge is 2.41. The molecule has 190 valence electrons. The van der Waals surface area contributed by atoms with Gasteiger partial charge in [0.15, 0.2) is 0 Å². The standard InChI is InChI=1S/C27H29N7O3/c1-16-12-30-21(14-29-16)15-32-26(36)19-6-9-24(31-13-19)34-22-7-8-23(34)11-20(10-22)33-27(37)18-4-2-17(3-5-18)25(28)35/h2-6,9,12-14,20,22-23H,7-8,10-11,15H2,1H3,(H2,28,35)(H,32,36)(H,33,37)/t20-,22+,23-. The number of amides is 3. The molecule has 3 atom stereocenters. The van der Waals surface area contributed by atoms with E-state index in [1.807, 2.05) is 13.0 Å². The fourth-order valence-electron chi connectivity index (χ4n) is 5.18. The second-order valence-corrected chi connectivity index (χ2v) is 9.61. The molecule has 0 unspecified atom stereocenters. The van der Waals surface area contributed by atoms with E-state index in [-0.39, 0.29) is 29.9 Å². The molecular weight excluding hydrogens is 470 g/mol. The molecule has 5 rings (SSSR count). The van der Waals surface area contributed by atoms with Crippen molar-refractivity contribution in [2.45, 2.75) is 57.3 Å². The minimum atomic E-state index is -0.518. The number of benzene rings is 1. The normalized spacial score (nSPS) is 20.4. The lowest BCUT2D eigenvalue weighted by molar-refractivity contribution is 0.0923. The van der Waals surface area contributed by atoms with Gasteiger partial charge in [-0.2, -0.15) is 0 Å². The number of nitrogens with one attached hydrogen (secondary N) is 2. The molecule has 37 heavy (non-hydrogen) atoms. The van der Waals surface area contributed by atoms with Gasteiger partial charge in [0.25, 0.3) is 11.8 Å². The molecule has 2 saturated heterocycles. The Morgan fingerprint density at radius 1 is 0.865 bits per heavy atom. The SMILES string of the molecule is Cc1cnc(CNC(=O)c2ccc(N3[C@@H]4CC[C@H]3C[C@@H](NC(=O)c3ccc(C(N)=O)cc3)C4)nc2)cn1. The first-order valence-corrected chi connectivity index (χ1v) is 12.4. The summed E-state index contributed by atoms with van der Waals surface area (Å²) in [7, 11) is 0. The number of nitrogens with two attached hydrogens (primary N) is 1. The van der Waals surface area contributed by atoms with Crippen molar-refractivity contribution >= 4 is 23.5 Å². The van der Waals surface area contributed by atoms with Crippen LogP contribution in [0.15, 0.2) is 55.0 Å². The number of hydrogen-bond donors (Lipinski definition) is 3. The average Bonchev–Trinajstić information content (AvgIpc) is 3.18. The predicted octanol–water partition coefficient (Wildman–Crippen LogP) is 2.14. The van der Waals surface area contributed by atoms with Gasteiger partial charge < -0.3 is 21.3 Å². The molecule has 3 aromatic rings. The van der Waals surface area contributed by atoms with Gasteiger partial charge in [-0.1, -0.05) is 0 Å². The largest absolute Gasteiger partial charge is 0.366 e. The molecule has 2 aromatic heterocycles. The molecule has 0 radical (unpaired) electrons. The zero-order valence-corrected chi connectivity index (χ0v) is 20.6. The quantitative estimate of drug-likeness (QED) is 0.452. The fourth-order valence-corrected chi connectivity index (χ4v) is 5.18. The number of aromatic nitrogens is 3. The van der Waals surface area contributed by atoms with Gasteiger partial charge in [0.2, 0.25) is 5.91 Å². The third kappa shape index (κ3) is 5.42. The first kappa shape index (κ1) is 24.4. The second-order valence-electron chi connectivity index (χ2n) is 9.61. The van der Waals surface area contributed by atoms with Crippen molar-refractivity contribution in [1.82, 2.24) is 25.6 Å². The number of fused-ring (bicyclic) bond motifs is 2. The summed E-state index contributed by atoms with van der Waals surface area (Å²) < 4.78 is 0. The molecule has 10 heteroatoms. The lowest BCUT2D eigenvalue weighted by Gasteiger charge is -2.40. The maximum atomic E-state index is 12.7. The molecule has 4 N–H and O–H groups in total. The maximum absolute atomic E-state index is 12.7. The van der Waals surface area contributed by atoms with Crippen LogP contribution in [0.1, 0.15) is 68.1 Å². The highest BCUT2D eigenvalue weighted by atomic mass is 16.2. The van der Waals surface area contributed by atoms with Crippen LogP contribution in [0, 0.1) is 6.92 Å². The van der Waals surface area contributed by atoms with Crippen LogP contribution in [-0.2, 0) is 6.54 Å². The molecule has 0 spiro atoms. The van der Waals surface area contributed by atoms with E-state index in [0.29, 0.717) is 28.9 Å². The maximum Gasteiger partial charge on any atom is 0.253 e. The van der Waals surface area contributed by atoms with Crippen LogP contribution >= 0.6 is 0 Å². The summed E-state index contributed by atoms with van der Waals surface area (Å²) in [5, 5.41) is 6.00. The van der Waals surface area contributed by atoms with Crippen LogP contribution in [-0.4, -0.2) is 50.8 Å². The molecule has 2 aliphatic rings. The highest BCUT2D eigenvalue weighted by Crippen LogP contribution is 2.38. The van der Waals surface area contributed by atoms with Crippen molar-refractivity contribution in [3.8, 4) is 0 Å². The molecule has 2 bridgehead atoms. The Morgan fingerprint density at radius 3 is 2.14 bits per heavy atom. The molecule has 2 fully saturated rings. The minimum absolute atomic E-state index is 0.0620. The number of primary amides is 1. The number of piperidine rings is 1. The monoisotopic (exact) mass is 499 g/mol. The van der Waals surface area contributed by atoms with Crippen molar-refractivity contribution in [3.05, 3.63) is 83.1 Å². The summed E-state index contributed by atoms with van der Waals surface area (Å²) in [6, 6.07) is 10.7. The lowest BCUT2D eigenvalue weighted by Crippen LogP contribution is -2.50. The van der Waals surface area contributed by atoms with Gasteiger partial charge in [0.1, 0.15) is 5.82 Å². The molecule has 10 nitrogen and oxygen atoms in total. The summed E-state index contributed by atoms with van der Waals surface area (Å²) >= 11 is 0. The van der Waals surface area contributed by atoms with Crippen molar-refractivity contribution in [2.75, 3.05) is 4.90 Å². The van der Waals surface area contributed by atoms with Gasteiger partial charge in [-0.3, -0.25) is 24.4 Å². The number of pyridine rings is 1. The van der Waals surface area contributed by atoms with Crippen LogP contribution < -0.4 is 21.3 Å². The Hall–Kier alpha value is -4.34. The summed E-state index contributed by atoms with van der Waals surface area (Å²) in [5.41, 5.74) is 8.16. The van der Waals surface area contributed by atoms with Gasteiger partial charge in [0.05, 0.1) is 29.7 Å². The van der Waals surface area contributed by atoms with Crippen LogP contribution in [0.4, 0.5) is 5.82 Å². The van der Waals surface area contributed by atoms with Crippen molar-refractivity contribution in [3.63, 3.8) is 0 Å². The topological polar surface area (TPSA) is 143 Å². The van der Waals surface area contributed by atoms with Crippen LogP contribution in [0.5, 0.6) is 0 Å². The number of carbonyl (C=O) groups is 3. The number of hydrogen-bond acceptors (Lipinski definition) is 7. The van der Waals surface area contributed by atoms with E-state index in [2.05, 4.69) is 30.5 Å². The molecule has 1 aromatic carbocycles. The van der Waals surface area contributed by atoms with E-state index in [9.17, 15) is 14.4 Å². The Bertz CT molecular complexity index is 1280. The van der Waals surface area contributed by atoms with Crippen molar-refractivity contribution in [1.29, 1.82) is 0 Å².